The van der Waals surface area contributed by atoms with Crippen LogP contribution in [0, 0.1) is 11.8 Å². The Hall–Kier alpha value is -3.19. The van der Waals surface area contributed by atoms with Crippen molar-refractivity contribution in [2.45, 2.75) is 37.9 Å². The first-order valence-electron chi connectivity index (χ1n) is 10.2. The maximum atomic E-state index is 12.0. The third-order valence-electron chi connectivity index (χ3n) is 5.75. The molecular formula is C23H25N3O4. The van der Waals surface area contributed by atoms with Gasteiger partial charge in [-0.15, -0.1) is 0 Å². The summed E-state index contributed by atoms with van der Waals surface area (Å²) < 4.78 is 6.10. The lowest BCUT2D eigenvalue weighted by Crippen LogP contribution is -2.31. The van der Waals surface area contributed by atoms with Gasteiger partial charge in [-0.1, -0.05) is 42.5 Å². The number of fused-ring (bicyclic) bond motifs is 2. The summed E-state index contributed by atoms with van der Waals surface area (Å²) in [6, 6.07) is 16.5. The first-order chi connectivity index (χ1) is 14.6. The number of amides is 2. The Morgan fingerprint density at radius 3 is 2.63 bits per heavy atom. The molecule has 2 amide bonds. The standard InChI is InChI=1S/C23H25N3O4/c27-22(28)13-16-6-4-5-15(11-16)12-18-19(21-10-9-20(18)30-21)14-24-26-23(29)25-17-7-2-1-3-8-17/h1-8,11,14,18-21H,9-10,12-13H2,(H,27,28)(H2,25,26,29)/b24-14+/t18-,19+,20+,21-/m1/s1. The fraction of sp³-hybridized carbons (Fsp3) is 0.348. The fourth-order valence-electron chi connectivity index (χ4n) is 4.46. The number of carbonyl (C=O) groups is 2. The molecule has 3 N–H and O–H groups in total. The Morgan fingerprint density at radius 2 is 1.83 bits per heavy atom. The number of ether oxygens (including phenoxy) is 1. The first kappa shape index (κ1) is 20.1. The molecule has 7 nitrogen and oxygen atoms in total. The number of rotatable bonds is 7. The van der Waals surface area contributed by atoms with Crippen molar-refractivity contribution in [1.29, 1.82) is 0 Å². The van der Waals surface area contributed by atoms with E-state index < -0.39 is 5.97 Å². The summed E-state index contributed by atoms with van der Waals surface area (Å²) >= 11 is 0. The number of hydrogen-bond acceptors (Lipinski definition) is 4. The minimum absolute atomic E-state index is 0.0202. The number of hydrazone groups is 1. The van der Waals surface area contributed by atoms with E-state index in [9.17, 15) is 9.59 Å². The third-order valence-corrected chi connectivity index (χ3v) is 5.75. The Bertz CT molecular complexity index is 931. The molecule has 4 atom stereocenters. The summed E-state index contributed by atoms with van der Waals surface area (Å²) in [5.74, 6) is -0.462. The van der Waals surface area contributed by atoms with Crippen LogP contribution in [0.5, 0.6) is 0 Å². The van der Waals surface area contributed by atoms with Crippen molar-refractivity contribution in [1.82, 2.24) is 5.43 Å². The quantitative estimate of drug-likeness (QED) is 0.483. The van der Waals surface area contributed by atoms with Gasteiger partial charge in [-0.2, -0.15) is 5.10 Å². The number of para-hydroxylation sites is 1. The van der Waals surface area contributed by atoms with E-state index in [2.05, 4.69) is 15.8 Å². The van der Waals surface area contributed by atoms with Crippen LogP contribution in [0.3, 0.4) is 0 Å². The topological polar surface area (TPSA) is 100 Å². The minimum Gasteiger partial charge on any atom is -0.481 e. The highest BCUT2D eigenvalue weighted by atomic mass is 16.5. The highest BCUT2D eigenvalue weighted by Gasteiger charge is 2.48. The number of carboxylic acids is 1. The lowest BCUT2D eigenvalue weighted by atomic mass is 9.76. The smallest absolute Gasteiger partial charge is 0.339 e. The molecule has 30 heavy (non-hydrogen) atoms. The summed E-state index contributed by atoms with van der Waals surface area (Å²) in [4.78, 5) is 23.0. The van der Waals surface area contributed by atoms with Crippen LogP contribution >= 0.6 is 0 Å². The van der Waals surface area contributed by atoms with Gasteiger partial charge in [0.1, 0.15) is 0 Å². The first-order valence-corrected chi connectivity index (χ1v) is 10.2. The van der Waals surface area contributed by atoms with Crippen LogP contribution in [0.2, 0.25) is 0 Å². The van der Waals surface area contributed by atoms with Gasteiger partial charge in [0, 0.05) is 17.8 Å². The van der Waals surface area contributed by atoms with Gasteiger partial charge in [0.25, 0.3) is 0 Å². The maximum Gasteiger partial charge on any atom is 0.339 e. The third kappa shape index (κ3) is 4.86. The zero-order valence-electron chi connectivity index (χ0n) is 16.5. The molecule has 7 heteroatoms. The average molecular weight is 407 g/mol. The number of nitrogens with one attached hydrogen (secondary N) is 2. The molecule has 2 fully saturated rings. The van der Waals surface area contributed by atoms with Crippen molar-refractivity contribution in [3.63, 3.8) is 0 Å². The second-order valence-corrected chi connectivity index (χ2v) is 7.84. The number of anilines is 1. The molecule has 0 aliphatic carbocycles. The van der Waals surface area contributed by atoms with E-state index in [0.717, 1.165) is 30.4 Å². The van der Waals surface area contributed by atoms with E-state index in [1.165, 1.54) is 0 Å². The Balaban J connectivity index is 1.38. The monoisotopic (exact) mass is 407 g/mol. The second-order valence-electron chi connectivity index (χ2n) is 7.84. The molecule has 2 aromatic rings. The van der Waals surface area contributed by atoms with Crippen LogP contribution in [-0.4, -0.2) is 35.5 Å². The zero-order valence-corrected chi connectivity index (χ0v) is 16.5. The van der Waals surface area contributed by atoms with Crippen molar-refractivity contribution < 1.29 is 19.4 Å². The minimum atomic E-state index is -0.833. The van der Waals surface area contributed by atoms with Crippen molar-refractivity contribution in [3.8, 4) is 0 Å². The predicted molar refractivity (Wildman–Crippen MR) is 113 cm³/mol. The number of hydrogen-bond donors (Lipinski definition) is 3. The highest BCUT2D eigenvalue weighted by molar-refractivity contribution is 5.89. The van der Waals surface area contributed by atoms with E-state index in [0.29, 0.717) is 5.69 Å². The van der Waals surface area contributed by atoms with E-state index >= 15 is 0 Å². The number of carbonyl (C=O) groups excluding carboxylic acids is 1. The normalized spacial score (nSPS) is 24.8. The van der Waals surface area contributed by atoms with E-state index in [-0.39, 0.29) is 36.5 Å². The van der Waals surface area contributed by atoms with Crippen LogP contribution in [0.1, 0.15) is 24.0 Å². The largest absolute Gasteiger partial charge is 0.481 e. The SMILES string of the molecule is O=C(O)Cc1cccc(C[C@@H]2[C@H](/C=N/NC(=O)Nc3ccccc3)[C@H]3CC[C@@H]2O3)c1. The molecular weight excluding hydrogens is 382 g/mol. The van der Waals surface area contributed by atoms with Crippen LogP contribution < -0.4 is 10.7 Å². The van der Waals surface area contributed by atoms with Crippen molar-refractivity contribution in [2.75, 3.05) is 5.32 Å². The van der Waals surface area contributed by atoms with Crippen LogP contribution in [0.25, 0.3) is 0 Å². The zero-order chi connectivity index (χ0) is 20.9. The number of nitrogens with zero attached hydrogens (tertiary/aromatic N) is 1. The number of carboxylic acid groups (broad SMARTS) is 1. The van der Waals surface area contributed by atoms with Crippen LogP contribution in [0.15, 0.2) is 59.7 Å². The van der Waals surface area contributed by atoms with Gasteiger partial charge in [0.05, 0.1) is 18.6 Å². The van der Waals surface area contributed by atoms with Crippen molar-refractivity contribution in [2.24, 2.45) is 16.9 Å². The Kier molecular flexibility index (Phi) is 6.09. The average Bonchev–Trinajstić information content (AvgIpc) is 3.31. The van der Waals surface area contributed by atoms with E-state index in [1.54, 1.807) is 6.21 Å². The fourth-order valence-corrected chi connectivity index (χ4v) is 4.46. The lowest BCUT2D eigenvalue weighted by molar-refractivity contribution is -0.136. The highest BCUT2D eigenvalue weighted by Crippen LogP contribution is 2.44. The van der Waals surface area contributed by atoms with Gasteiger partial charge >= 0.3 is 12.0 Å². The summed E-state index contributed by atoms with van der Waals surface area (Å²) in [6.45, 7) is 0. The molecule has 2 aliphatic rings. The molecule has 0 radical (unpaired) electrons. The molecule has 2 aliphatic heterocycles. The van der Waals surface area contributed by atoms with Gasteiger partial charge in [-0.25, -0.2) is 10.2 Å². The second kappa shape index (κ2) is 9.09. The molecule has 2 heterocycles. The molecule has 2 aromatic carbocycles. The van der Waals surface area contributed by atoms with Gasteiger partial charge in [0.2, 0.25) is 0 Å². The number of aliphatic carboxylic acids is 1. The van der Waals surface area contributed by atoms with E-state index in [1.807, 2.05) is 54.6 Å². The van der Waals surface area contributed by atoms with Gasteiger partial charge in [-0.05, 0) is 48.4 Å². The van der Waals surface area contributed by atoms with Crippen molar-refractivity contribution >= 4 is 23.9 Å². The van der Waals surface area contributed by atoms with Gasteiger partial charge in [-0.3, -0.25) is 4.79 Å². The van der Waals surface area contributed by atoms with Gasteiger partial charge in [0.15, 0.2) is 0 Å². The molecule has 0 aromatic heterocycles. The predicted octanol–water partition coefficient (Wildman–Crippen LogP) is 3.46. The molecule has 2 bridgehead atoms. The summed E-state index contributed by atoms with van der Waals surface area (Å²) in [5.41, 5.74) is 5.13. The molecule has 2 saturated heterocycles. The maximum absolute atomic E-state index is 12.0. The van der Waals surface area contributed by atoms with Crippen LogP contribution in [0.4, 0.5) is 10.5 Å². The van der Waals surface area contributed by atoms with Crippen LogP contribution in [-0.2, 0) is 22.4 Å². The van der Waals surface area contributed by atoms with Gasteiger partial charge < -0.3 is 15.2 Å². The lowest BCUT2D eigenvalue weighted by Gasteiger charge is -2.25. The Morgan fingerprint density at radius 1 is 1.07 bits per heavy atom. The van der Waals surface area contributed by atoms with E-state index in [4.69, 9.17) is 9.84 Å². The van der Waals surface area contributed by atoms with Crippen molar-refractivity contribution in [3.05, 3.63) is 65.7 Å². The molecule has 0 saturated carbocycles. The summed E-state index contributed by atoms with van der Waals surface area (Å²) in [7, 11) is 0. The summed E-state index contributed by atoms with van der Waals surface area (Å²) in [5, 5.41) is 15.9. The molecule has 0 unspecified atom stereocenters. The number of urea groups is 1. The Labute approximate surface area is 175 Å². The summed E-state index contributed by atoms with van der Waals surface area (Å²) in [6.07, 6.45) is 4.91. The molecule has 4 rings (SSSR count). The molecule has 156 valence electrons. The number of benzene rings is 2. The molecule has 0 spiro atoms.